The summed E-state index contributed by atoms with van der Waals surface area (Å²) in [5.41, 5.74) is 7.01. The van der Waals surface area contributed by atoms with Gasteiger partial charge >= 0.3 is 326 Å². The molecular weight excluding hydrogens is 1000 g/mol. The Labute approximate surface area is 422 Å². The molecule has 8 aromatic carbocycles. The summed E-state index contributed by atoms with van der Waals surface area (Å²) in [6, 6.07) is 25.0. The summed E-state index contributed by atoms with van der Waals surface area (Å²) >= 11 is 2.18. The molecule has 1 aliphatic rings. The fourth-order valence-electron chi connectivity index (χ4n) is 9.44. The molecule has 0 bridgehead atoms. The minimum Gasteiger partial charge on any atom is -0.0617 e. The number of imidazole rings is 1. The van der Waals surface area contributed by atoms with Crippen LogP contribution in [-0.4, -0.2) is 18.7 Å². The van der Waals surface area contributed by atoms with Gasteiger partial charge in [0.25, 0.3) is 0 Å². The van der Waals surface area contributed by atoms with Crippen LogP contribution in [0.25, 0.3) is 83.4 Å². The molecular formula is C61H48N4OPt. The van der Waals surface area contributed by atoms with E-state index in [1.807, 2.05) is 111 Å². The van der Waals surface area contributed by atoms with Crippen molar-refractivity contribution in [3.8, 4) is 62.1 Å². The number of aromatic nitrogens is 4. The summed E-state index contributed by atoms with van der Waals surface area (Å²) in [5, 5.41) is 1.55. The van der Waals surface area contributed by atoms with Gasteiger partial charge in [-0.15, -0.1) is 0 Å². The molecule has 11 aromatic rings. The molecule has 0 fully saturated rings. The van der Waals surface area contributed by atoms with Crippen molar-refractivity contribution in [1.82, 2.24) is 18.7 Å². The van der Waals surface area contributed by atoms with Gasteiger partial charge in [-0.05, 0) is 28.2 Å². The van der Waals surface area contributed by atoms with Crippen molar-refractivity contribution in [2.75, 3.05) is 0 Å². The third kappa shape index (κ3) is 7.21. The van der Waals surface area contributed by atoms with Crippen LogP contribution in [0.4, 0.5) is 0 Å². The van der Waals surface area contributed by atoms with E-state index in [4.69, 9.17) is 24.8 Å². The van der Waals surface area contributed by atoms with E-state index >= 15 is 0 Å². The van der Waals surface area contributed by atoms with Gasteiger partial charge in [0.05, 0.1) is 6.85 Å². The summed E-state index contributed by atoms with van der Waals surface area (Å²) in [7, 11) is 0. The first-order valence-corrected chi connectivity index (χ1v) is 23.1. The van der Waals surface area contributed by atoms with Gasteiger partial charge in [0, 0.05) is 6.20 Å². The molecule has 5 nitrogen and oxygen atoms in total. The molecule has 0 amide bonds. The molecule has 0 spiro atoms. The number of fused-ring (bicyclic) bond motifs is 5. The minimum atomic E-state index is -0.567. The average molecular weight is 1060 g/mol. The number of hydrogen-bond acceptors (Lipinski definition) is 2. The van der Waals surface area contributed by atoms with Crippen molar-refractivity contribution < 1.29 is 44.7 Å². The van der Waals surface area contributed by atoms with Crippen LogP contribution in [0.15, 0.2) is 200 Å². The van der Waals surface area contributed by atoms with E-state index in [1.54, 1.807) is 12.3 Å². The Morgan fingerprint density at radius 2 is 1.27 bits per heavy atom. The van der Waals surface area contributed by atoms with Crippen LogP contribution in [0.3, 0.4) is 0 Å². The summed E-state index contributed by atoms with van der Waals surface area (Å²) in [6.07, 6.45) is 3.48. The van der Waals surface area contributed by atoms with Crippen LogP contribution >= 0.6 is 0 Å². The molecule has 328 valence electrons. The summed E-state index contributed by atoms with van der Waals surface area (Å²) in [5.74, 6) is 1.56. The zero-order chi connectivity index (χ0) is 58.3. The van der Waals surface area contributed by atoms with Crippen molar-refractivity contribution in [2.45, 2.75) is 45.4 Å². The molecule has 0 unspecified atom stereocenters. The van der Waals surface area contributed by atoms with Gasteiger partial charge in [0.15, 0.2) is 0 Å². The van der Waals surface area contributed by atoms with Gasteiger partial charge in [-0.25, -0.2) is 0 Å². The molecule has 67 heavy (non-hydrogen) atoms. The maximum atomic E-state index is 9.36. The second-order valence-corrected chi connectivity index (χ2v) is 18.6. The fraction of sp³-hybridized carbons (Fsp3) is 0.115. The molecule has 0 radical (unpaired) electrons. The third-order valence-corrected chi connectivity index (χ3v) is 13.5. The number of hydrogen-bond donors (Lipinski definition) is 0. The van der Waals surface area contributed by atoms with Gasteiger partial charge in [-0.2, -0.15) is 0 Å². The van der Waals surface area contributed by atoms with Crippen LogP contribution in [0, 0.1) is 3.80 Å². The number of nitrogens with zero attached hydrogens (tertiary/aromatic N) is 4. The summed E-state index contributed by atoms with van der Waals surface area (Å²) in [4.78, 5) is 4.86. The third-order valence-electron chi connectivity index (χ3n) is 12.5. The molecule has 6 heteroatoms. The summed E-state index contributed by atoms with van der Waals surface area (Å²) in [6.45, 7) is 6.37. The topological polar surface area (TPSA) is 36.9 Å². The Balaban J connectivity index is 1.06. The van der Waals surface area contributed by atoms with E-state index in [9.17, 15) is 5.48 Å². The van der Waals surface area contributed by atoms with E-state index in [1.165, 1.54) is 0 Å². The Hall–Kier alpha value is -7.33. The average Bonchev–Trinajstić information content (AvgIpc) is 1.91. The minimum absolute atomic E-state index is 0.0626. The van der Waals surface area contributed by atoms with Gasteiger partial charge in [-0.1, -0.05) is 57.0 Å². The monoisotopic (exact) mass is 1060 g/mol. The first kappa shape index (κ1) is 28.0. The predicted molar refractivity (Wildman–Crippen MR) is 272 cm³/mol. The zero-order valence-electron chi connectivity index (χ0n) is 51.5. The molecule has 0 aliphatic heterocycles. The van der Waals surface area contributed by atoms with Gasteiger partial charge in [0.1, 0.15) is 0 Å². The smallest absolute Gasteiger partial charge is 0.0617 e. The first-order chi connectivity index (χ1) is 39.0. The quantitative estimate of drug-likeness (QED) is 0.152. The summed E-state index contributed by atoms with van der Waals surface area (Å²) < 4.78 is 145. The van der Waals surface area contributed by atoms with Crippen LogP contribution in [0.1, 0.15) is 64.4 Å². The number of aryl methyl sites for hydroxylation is 1. The molecule has 3 heterocycles. The Kier molecular flexibility index (Phi) is 6.90. The normalized spacial score (nSPS) is 15.7. The van der Waals surface area contributed by atoms with Crippen LogP contribution in [0.2, 0.25) is 0 Å². The second kappa shape index (κ2) is 16.5. The maximum absolute atomic E-state index is 9.36. The van der Waals surface area contributed by atoms with Crippen molar-refractivity contribution in [3.05, 3.63) is 220 Å². The van der Waals surface area contributed by atoms with Gasteiger partial charge in [0.2, 0.25) is 0 Å². The molecule has 12 rings (SSSR count). The van der Waals surface area contributed by atoms with Crippen LogP contribution in [0.5, 0.6) is 11.5 Å². The van der Waals surface area contributed by atoms with Gasteiger partial charge in [-0.3, -0.25) is 0 Å². The van der Waals surface area contributed by atoms with E-state index in [0.29, 0.717) is 68.2 Å². The predicted octanol–water partition coefficient (Wildman–Crippen LogP) is 15.6. The second-order valence-electron chi connectivity index (χ2n) is 17.5. The Morgan fingerprint density at radius 1 is 0.567 bits per heavy atom. The Bertz CT molecular complexity index is 4590. The van der Waals surface area contributed by atoms with Crippen molar-refractivity contribution >= 4 is 32.8 Å². The molecule has 0 saturated heterocycles. The van der Waals surface area contributed by atoms with E-state index in [0.717, 1.165) is 38.5 Å². The Morgan fingerprint density at radius 3 is 2.01 bits per heavy atom. The number of benzene rings is 8. The number of rotatable bonds is 8. The zero-order valence-corrected chi connectivity index (χ0v) is 38.8. The van der Waals surface area contributed by atoms with Crippen molar-refractivity contribution in [3.63, 3.8) is 0 Å². The van der Waals surface area contributed by atoms with Crippen LogP contribution < -0.4 is 4.74 Å². The standard InChI is InChI=1S/C61H48N4O.Pt/c1-61(2,3)46-33-34-62-58(37-46)65-54-32-29-44(41-17-7-4-8-18-41)35-53(54)51-31-30-49(39-57(51)65)66-48-25-16-24-47(38-48)63-40-64(56-28-14-13-27-55(56)63)60-52(42-19-9-5-10-20-42)36-45-23-15-26-50(45)59(60)43-21-11-6-12-22-43;/h4-14,16-22,24-25,27-39H,15,23,26H2,1-3H3;/i4D,5D,6D,7D,8D,9D,10D,11D,12D,17D,18D,19D,20D,21D,22D;. The molecule has 0 saturated carbocycles. The van der Waals surface area contributed by atoms with Crippen LogP contribution in [-0.2, 0) is 37.6 Å². The first-order valence-electron chi connectivity index (χ1n) is 29.4. The van der Waals surface area contributed by atoms with E-state index in [-0.39, 0.29) is 45.4 Å². The van der Waals surface area contributed by atoms with Crippen molar-refractivity contribution in [2.24, 2.45) is 0 Å². The fourth-order valence-corrected chi connectivity index (χ4v) is 10.5. The number of pyridine rings is 1. The molecule has 0 atom stereocenters. The van der Waals surface area contributed by atoms with Crippen molar-refractivity contribution in [1.29, 1.82) is 0 Å². The van der Waals surface area contributed by atoms with E-state index < -0.39 is 78.6 Å². The molecule has 1 aliphatic carbocycles. The number of para-hydroxylation sites is 2. The molecule has 3 aromatic heterocycles. The van der Waals surface area contributed by atoms with E-state index in [2.05, 4.69) is 40.1 Å². The molecule has 0 N–H and O–H groups in total. The SMILES string of the molecule is [2H]c1c([2H])c([2H])c(-c2ccc3c(c2)c2ccc(Oc4cccc(-n5[c](=[Pt])n(-c6c(-c7c([2H])c([2H])c([2H])c([2H])c7[2H])cc7c(c6-c6c([2H])c([2H])c([2H])c([2H])c6[2H])CCC7)c6ccccc65)c4)cc2n3-c2cc(C(C)(C)C)ccn2)c([2H])c1[2H]. The number of ether oxygens (including phenoxy) is 1. The van der Waals surface area contributed by atoms with Gasteiger partial charge < -0.3 is 0 Å².